The number of hydrogen-bond acceptors (Lipinski definition) is 6. The van der Waals surface area contributed by atoms with Crippen molar-refractivity contribution in [2.75, 3.05) is 11.9 Å². The maximum absolute atomic E-state index is 11.0. The standard InChI is InChI=1S/C14H17N5O3/c20-19(21)14-8-15-13-4-3-12(17-18(13)14)16-10-5-6-22-11(7-10)9-1-2-9/h3-4,8-11H,1-2,5-7H2,(H,16,17). The minimum atomic E-state index is -0.478. The van der Waals surface area contributed by atoms with Gasteiger partial charge in [0, 0.05) is 18.7 Å². The highest BCUT2D eigenvalue weighted by Crippen LogP contribution is 2.38. The smallest absolute Gasteiger partial charge is 0.368 e. The van der Waals surface area contributed by atoms with E-state index in [-0.39, 0.29) is 5.82 Å². The predicted octanol–water partition coefficient (Wildman–Crippen LogP) is 2.01. The zero-order chi connectivity index (χ0) is 15.1. The van der Waals surface area contributed by atoms with Crippen LogP contribution >= 0.6 is 0 Å². The first-order valence-electron chi connectivity index (χ1n) is 7.58. The Morgan fingerprint density at radius 3 is 3.00 bits per heavy atom. The molecule has 2 atom stereocenters. The number of nitrogens with one attached hydrogen (secondary N) is 1. The molecule has 22 heavy (non-hydrogen) atoms. The fourth-order valence-corrected chi connectivity index (χ4v) is 3.03. The van der Waals surface area contributed by atoms with Crippen molar-refractivity contribution in [3.63, 3.8) is 0 Å². The molecule has 1 aliphatic heterocycles. The molecule has 0 amide bonds. The van der Waals surface area contributed by atoms with E-state index in [9.17, 15) is 10.1 Å². The molecule has 1 N–H and O–H groups in total. The third-order valence-corrected chi connectivity index (χ3v) is 4.35. The number of imidazole rings is 1. The van der Waals surface area contributed by atoms with Gasteiger partial charge in [0.2, 0.25) is 5.65 Å². The zero-order valence-electron chi connectivity index (χ0n) is 12.0. The van der Waals surface area contributed by atoms with Gasteiger partial charge in [0.1, 0.15) is 6.20 Å². The minimum absolute atomic E-state index is 0.124. The molecule has 2 fully saturated rings. The van der Waals surface area contributed by atoms with Gasteiger partial charge >= 0.3 is 5.82 Å². The van der Waals surface area contributed by atoms with Crippen molar-refractivity contribution in [2.24, 2.45) is 5.92 Å². The average Bonchev–Trinajstić information content (AvgIpc) is 3.27. The molecule has 1 saturated heterocycles. The molecule has 8 nitrogen and oxygen atoms in total. The lowest BCUT2D eigenvalue weighted by molar-refractivity contribution is -0.391. The molecule has 2 aromatic heterocycles. The van der Waals surface area contributed by atoms with E-state index in [2.05, 4.69) is 15.4 Å². The van der Waals surface area contributed by atoms with Gasteiger partial charge in [-0.2, -0.15) is 0 Å². The van der Waals surface area contributed by atoms with Crippen LogP contribution in [0.1, 0.15) is 25.7 Å². The molecule has 2 aliphatic rings. The Labute approximate surface area is 126 Å². The lowest BCUT2D eigenvalue weighted by atomic mass is 10.00. The van der Waals surface area contributed by atoms with Crippen molar-refractivity contribution in [1.29, 1.82) is 0 Å². The van der Waals surface area contributed by atoms with Crippen molar-refractivity contribution in [3.8, 4) is 0 Å². The zero-order valence-corrected chi connectivity index (χ0v) is 12.0. The molecule has 8 heteroatoms. The normalized spacial score (nSPS) is 25.3. The second-order valence-electron chi connectivity index (χ2n) is 5.97. The number of fused-ring (bicyclic) bond motifs is 1. The molecule has 0 bridgehead atoms. The van der Waals surface area contributed by atoms with Gasteiger partial charge < -0.3 is 20.2 Å². The van der Waals surface area contributed by atoms with Crippen LogP contribution in [0, 0.1) is 16.0 Å². The summed E-state index contributed by atoms with van der Waals surface area (Å²) in [7, 11) is 0. The number of ether oxygens (including phenoxy) is 1. The Balaban J connectivity index is 1.53. The molecule has 4 rings (SSSR count). The minimum Gasteiger partial charge on any atom is -0.378 e. The van der Waals surface area contributed by atoms with E-state index in [1.54, 1.807) is 6.07 Å². The summed E-state index contributed by atoms with van der Waals surface area (Å²) >= 11 is 0. The summed E-state index contributed by atoms with van der Waals surface area (Å²) < 4.78 is 7.08. The first-order valence-corrected chi connectivity index (χ1v) is 7.58. The highest BCUT2D eigenvalue weighted by molar-refractivity contribution is 5.48. The van der Waals surface area contributed by atoms with Crippen LogP contribution in [0.25, 0.3) is 5.65 Å². The van der Waals surface area contributed by atoms with Crippen LogP contribution in [0.3, 0.4) is 0 Å². The van der Waals surface area contributed by atoms with Crippen LogP contribution in [0.2, 0.25) is 0 Å². The lowest BCUT2D eigenvalue weighted by Crippen LogP contribution is -2.35. The first-order chi connectivity index (χ1) is 10.7. The van der Waals surface area contributed by atoms with E-state index in [0.29, 0.717) is 23.6 Å². The van der Waals surface area contributed by atoms with Gasteiger partial charge in [0.15, 0.2) is 5.82 Å². The monoisotopic (exact) mass is 303 g/mol. The maximum Gasteiger partial charge on any atom is 0.368 e. The fraction of sp³-hybridized carbons (Fsp3) is 0.571. The van der Waals surface area contributed by atoms with Crippen LogP contribution in [-0.4, -0.2) is 38.3 Å². The molecule has 2 unspecified atom stereocenters. The Morgan fingerprint density at radius 1 is 1.36 bits per heavy atom. The van der Waals surface area contributed by atoms with Crippen molar-refractivity contribution in [3.05, 3.63) is 28.4 Å². The third-order valence-electron chi connectivity index (χ3n) is 4.35. The topological polar surface area (TPSA) is 94.6 Å². The molecule has 116 valence electrons. The van der Waals surface area contributed by atoms with Crippen LogP contribution in [-0.2, 0) is 4.74 Å². The van der Waals surface area contributed by atoms with Crippen molar-refractivity contribution < 1.29 is 9.66 Å². The summed E-state index contributed by atoms with van der Waals surface area (Å²) in [6.45, 7) is 0.756. The lowest BCUT2D eigenvalue weighted by Gasteiger charge is -2.30. The van der Waals surface area contributed by atoms with E-state index in [4.69, 9.17) is 4.74 Å². The fourth-order valence-electron chi connectivity index (χ4n) is 3.03. The van der Waals surface area contributed by atoms with E-state index in [1.165, 1.54) is 23.6 Å². The Morgan fingerprint density at radius 2 is 2.23 bits per heavy atom. The van der Waals surface area contributed by atoms with Gasteiger partial charge in [-0.1, -0.05) is 9.61 Å². The largest absolute Gasteiger partial charge is 0.378 e. The van der Waals surface area contributed by atoms with Crippen molar-refractivity contribution in [2.45, 2.75) is 37.8 Å². The van der Waals surface area contributed by atoms with Crippen LogP contribution in [0.4, 0.5) is 11.6 Å². The van der Waals surface area contributed by atoms with Crippen LogP contribution < -0.4 is 5.32 Å². The Kier molecular flexibility index (Phi) is 3.18. The second-order valence-corrected chi connectivity index (χ2v) is 5.97. The molecule has 1 saturated carbocycles. The van der Waals surface area contributed by atoms with E-state index >= 15 is 0 Å². The first kappa shape index (κ1) is 13.4. The summed E-state index contributed by atoms with van der Waals surface area (Å²) in [5, 5.41) is 18.6. The molecule has 0 radical (unpaired) electrons. The number of nitrogens with zero attached hydrogens (tertiary/aromatic N) is 4. The molecular formula is C14H17N5O3. The van der Waals surface area contributed by atoms with Crippen LogP contribution in [0.15, 0.2) is 18.3 Å². The molecule has 3 heterocycles. The van der Waals surface area contributed by atoms with E-state index < -0.39 is 4.92 Å². The van der Waals surface area contributed by atoms with Gasteiger partial charge in [0.05, 0.1) is 6.10 Å². The third kappa shape index (κ3) is 2.50. The van der Waals surface area contributed by atoms with Crippen molar-refractivity contribution in [1.82, 2.24) is 14.6 Å². The highest BCUT2D eigenvalue weighted by Gasteiger charge is 2.36. The summed E-state index contributed by atoms with van der Waals surface area (Å²) in [5.41, 5.74) is 0.472. The highest BCUT2D eigenvalue weighted by atomic mass is 16.6. The number of nitro groups is 1. The Bertz CT molecular complexity index is 712. The summed E-state index contributed by atoms with van der Waals surface area (Å²) in [4.78, 5) is 14.5. The van der Waals surface area contributed by atoms with Crippen LogP contribution in [0.5, 0.6) is 0 Å². The number of hydrogen-bond donors (Lipinski definition) is 1. The average molecular weight is 303 g/mol. The van der Waals surface area contributed by atoms with Gasteiger partial charge in [-0.05, 0) is 42.6 Å². The number of anilines is 1. The summed E-state index contributed by atoms with van der Waals surface area (Å²) in [6, 6.07) is 3.85. The summed E-state index contributed by atoms with van der Waals surface area (Å²) in [5.74, 6) is 1.23. The second kappa shape index (κ2) is 5.20. The maximum atomic E-state index is 11.0. The summed E-state index contributed by atoms with van der Waals surface area (Å²) in [6.07, 6.45) is 6.00. The van der Waals surface area contributed by atoms with Gasteiger partial charge in [-0.3, -0.25) is 0 Å². The quantitative estimate of drug-likeness (QED) is 0.685. The van der Waals surface area contributed by atoms with Gasteiger partial charge in [0.25, 0.3) is 0 Å². The molecule has 0 aromatic carbocycles. The van der Waals surface area contributed by atoms with E-state index in [1.807, 2.05) is 6.07 Å². The van der Waals surface area contributed by atoms with Gasteiger partial charge in [-0.25, -0.2) is 4.98 Å². The number of aromatic nitrogens is 3. The number of rotatable bonds is 4. The Hall–Kier alpha value is -2.22. The predicted molar refractivity (Wildman–Crippen MR) is 78.8 cm³/mol. The molecule has 0 spiro atoms. The van der Waals surface area contributed by atoms with E-state index in [0.717, 1.165) is 25.4 Å². The van der Waals surface area contributed by atoms with Gasteiger partial charge in [-0.15, -0.1) is 0 Å². The molecular weight excluding hydrogens is 286 g/mol. The molecule has 1 aliphatic carbocycles. The van der Waals surface area contributed by atoms with Crippen molar-refractivity contribution >= 4 is 17.3 Å². The SMILES string of the molecule is O=[N+]([O-])c1cnc2ccc(NC3CCOC(C4CC4)C3)nn12. The molecule has 2 aromatic rings.